The molecule has 1 amide bonds. The third kappa shape index (κ3) is 3.78. The Hall–Kier alpha value is -1.51. The summed E-state index contributed by atoms with van der Waals surface area (Å²) < 4.78 is 0. The van der Waals surface area contributed by atoms with Crippen molar-refractivity contribution in [2.45, 2.75) is 26.8 Å². The zero-order valence-electron chi connectivity index (χ0n) is 12.2. The summed E-state index contributed by atoms with van der Waals surface area (Å²) in [7, 11) is 0. The van der Waals surface area contributed by atoms with Crippen molar-refractivity contribution < 1.29 is 4.79 Å². The van der Waals surface area contributed by atoms with Gasteiger partial charge in [-0.2, -0.15) is 0 Å². The number of halogens is 2. The number of rotatable bonds is 3. The molecule has 0 spiro atoms. The van der Waals surface area contributed by atoms with Crippen molar-refractivity contribution in [1.29, 1.82) is 0 Å². The molecular weight excluding hydrogens is 305 g/mol. The van der Waals surface area contributed by atoms with Crippen LogP contribution in [0.5, 0.6) is 0 Å². The van der Waals surface area contributed by atoms with E-state index in [0.717, 1.165) is 11.1 Å². The molecule has 0 heterocycles. The van der Waals surface area contributed by atoms with Crippen LogP contribution >= 0.6 is 23.2 Å². The van der Waals surface area contributed by atoms with E-state index in [1.165, 1.54) is 5.56 Å². The van der Waals surface area contributed by atoms with Crippen LogP contribution < -0.4 is 5.32 Å². The van der Waals surface area contributed by atoms with Gasteiger partial charge in [-0.05, 0) is 50.1 Å². The highest BCUT2D eigenvalue weighted by molar-refractivity contribution is 6.36. The van der Waals surface area contributed by atoms with E-state index in [4.69, 9.17) is 23.2 Å². The summed E-state index contributed by atoms with van der Waals surface area (Å²) >= 11 is 11.9. The van der Waals surface area contributed by atoms with Crippen LogP contribution in [-0.2, 0) is 0 Å². The molecule has 0 aliphatic carbocycles. The molecule has 1 unspecified atom stereocenters. The van der Waals surface area contributed by atoms with E-state index in [2.05, 4.69) is 11.4 Å². The van der Waals surface area contributed by atoms with Gasteiger partial charge < -0.3 is 5.32 Å². The third-order valence-electron chi connectivity index (χ3n) is 3.42. The first-order chi connectivity index (χ1) is 9.88. The first-order valence-electron chi connectivity index (χ1n) is 6.71. The van der Waals surface area contributed by atoms with Gasteiger partial charge in [0.1, 0.15) is 0 Å². The third-order valence-corrected chi connectivity index (χ3v) is 3.96. The molecule has 0 radical (unpaired) electrons. The highest BCUT2D eigenvalue weighted by Crippen LogP contribution is 2.23. The van der Waals surface area contributed by atoms with Gasteiger partial charge in [0, 0.05) is 5.02 Å². The van der Waals surface area contributed by atoms with Crippen molar-refractivity contribution in [2.75, 3.05) is 0 Å². The molecule has 1 N–H and O–H groups in total. The smallest absolute Gasteiger partial charge is 0.253 e. The Morgan fingerprint density at radius 1 is 1.10 bits per heavy atom. The maximum Gasteiger partial charge on any atom is 0.253 e. The van der Waals surface area contributed by atoms with Gasteiger partial charge in [-0.15, -0.1) is 0 Å². The van der Waals surface area contributed by atoms with Gasteiger partial charge in [0.05, 0.1) is 16.6 Å². The lowest BCUT2D eigenvalue weighted by atomic mass is 10.00. The summed E-state index contributed by atoms with van der Waals surface area (Å²) in [6.45, 7) is 6.05. The molecule has 0 saturated heterocycles. The number of carbonyl (C=O) groups is 1. The molecule has 4 heteroatoms. The van der Waals surface area contributed by atoms with Gasteiger partial charge in [0.25, 0.3) is 5.91 Å². The maximum absolute atomic E-state index is 12.3. The van der Waals surface area contributed by atoms with Crippen LogP contribution in [0.2, 0.25) is 10.0 Å². The second kappa shape index (κ2) is 6.50. The lowest BCUT2D eigenvalue weighted by Gasteiger charge is -2.17. The Labute approximate surface area is 135 Å². The molecule has 21 heavy (non-hydrogen) atoms. The molecule has 110 valence electrons. The fourth-order valence-corrected chi connectivity index (χ4v) is 2.83. The molecular formula is C17H17Cl2NO. The Morgan fingerprint density at radius 2 is 1.81 bits per heavy atom. The zero-order valence-corrected chi connectivity index (χ0v) is 13.7. The Balaban J connectivity index is 2.18. The summed E-state index contributed by atoms with van der Waals surface area (Å²) in [5.74, 6) is -0.204. The molecule has 0 bridgehead atoms. The minimum Gasteiger partial charge on any atom is -0.345 e. The lowest BCUT2D eigenvalue weighted by molar-refractivity contribution is 0.0940. The van der Waals surface area contributed by atoms with Crippen molar-refractivity contribution in [3.63, 3.8) is 0 Å². The van der Waals surface area contributed by atoms with Crippen LogP contribution in [0.3, 0.4) is 0 Å². The number of amides is 1. The van der Waals surface area contributed by atoms with Crippen LogP contribution in [0.25, 0.3) is 0 Å². The van der Waals surface area contributed by atoms with Crippen LogP contribution in [0.1, 0.15) is 40.0 Å². The van der Waals surface area contributed by atoms with Crippen LogP contribution in [-0.4, -0.2) is 5.91 Å². The van der Waals surface area contributed by atoms with Gasteiger partial charge in [0.2, 0.25) is 0 Å². The highest BCUT2D eigenvalue weighted by atomic mass is 35.5. The van der Waals surface area contributed by atoms with E-state index in [9.17, 15) is 4.79 Å². The topological polar surface area (TPSA) is 29.1 Å². The standard InChI is InChI=1S/C17H17Cl2NO/c1-10-4-6-14(11(2)8-10)12(3)20-17(21)15-7-5-13(18)9-16(15)19/h4-9,12H,1-3H3,(H,20,21). The number of benzene rings is 2. The molecule has 2 rings (SSSR count). The monoisotopic (exact) mass is 321 g/mol. The van der Waals surface area contributed by atoms with Crippen LogP contribution in [0.4, 0.5) is 0 Å². The fraction of sp³-hybridized carbons (Fsp3) is 0.235. The summed E-state index contributed by atoms with van der Waals surface area (Å²) in [5, 5.41) is 3.83. The van der Waals surface area contributed by atoms with Gasteiger partial charge in [-0.25, -0.2) is 0 Å². The predicted octanol–water partition coefficient (Wildman–Crippen LogP) is 5.10. The summed E-state index contributed by atoms with van der Waals surface area (Å²) in [5.41, 5.74) is 3.89. The number of aryl methyl sites for hydroxylation is 2. The van der Waals surface area contributed by atoms with Crippen molar-refractivity contribution in [2.24, 2.45) is 0 Å². The van der Waals surface area contributed by atoms with Crippen LogP contribution in [0.15, 0.2) is 36.4 Å². The van der Waals surface area contributed by atoms with E-state index in [-0.39, 0.29) is 11.9 Å². The van der Waals surface area contributed by atoms with Gasteiger partial charge >= 0.3 is 0 Å². The maximum atomic E-state index is 12.3. The molecule has 0 aromatic heterocycles. The van der Waals surface area contributed by atoms with E-state index in [1.54, 1.807) is 18.2 Å². The lowest BCUT2D eigenvalue weighted by Crippen LogP contribution is -2.27. The summed E-state index contributed by atoms with van der Waals surface area (Å²) in [6.07, 6.45) is 0. The average molecular weight is 322 g/mol. The zero-order chi connectivity index (χ0) is 15.6. The van der Waals surface area contributed by atoms with E-state index >= 15 is 0 Å². The fourth-order valence-electron chi connectivity index (χ4n) is 2.34. The molecule has 2 nitrogen and oxygen atoms in total. The largest absolute Gasteiger partial charge is 0.345 e. The minimum absolute atomic E-state index is 0.0927. The molecule has 2 aromatic carbocycles. The van der Waals surface area contributed by atoms with Crippen molar-refractivity contribution >= 4 is 29.1 Å². The number of hydrogen-bond acceptors (Lipinski definition) is 1. The SMILES string of the molecule is Cc1ccc(C(C)NC(=O)c2ccc(Cl)cc2Cl)c(C)c1. The summed E-state index contributed by atoms with van der Waals surface area (Å²) in [6, 6.07) is 11.0. The summed E-state index contributed by atoms with van der Waals surface area (Å²) in [4.78, 5) is 12.3. The van der Waals surface area contributed by atoms with E-state index in [0.29, 0.717) is 15.6 Å². The number of carbonyl (C=O) groups excluding carboxylic acids is 1. The number of nitrogens with one attached hydrogen (secondary N) is 1. The molecule has 0 aliphatic heterocycles. The molecule has 2 aromatic rings. The molecule has 1 atom stereocenters. The molecule has 0 saturated carbocycles. The molecule has 0 aliphatic rings. The Kier molecular flexibility index (Phi) is 4.92. The minimum atomic E-state index is -0.204. The van der Waals surface area contributed by atoms with E-state index in [1.807, 2.05) is 32.9 Å². The molecule has 0 fully saturated rings. The number of hydrogen-bond donors (Lipinski definition) is 1. The second-order valence-corrected chi connectivity index (χ2v) is 6.02. The van der Waals surface area contributed by atoms with Gasteiger partial charge in [0.15, 0.2) is 0 Å². The first-order valence-corrected chi connectivity index (χ1v) is 7.47. The normalized spacial score (nSPS) is 12.0. The van der Waals surface area contributed by atoms with Gasteiger partial charge in [-0.3, -0.25) is 4.79 Å². The predicted molar refractivity (Wildman–Crippen MR) is 88.3 cm³/mol. The van der Waals surface area contributed by atoms with Crippen molar-refractivity contribution in [1.82, 2.24) is 5.32 Å². The first kappa shape index (κ1) is 15.9. The Bertz CT molecular complexity index is 682. The van der Waals surface area contributed by atoms with Crippen molar-refractivity contribution in [3.8, 4) is 0 Å². The Morgan fingerprint density at radius 3 is 2.43 bits per heavy atom. The van der Waals surface area contributed by atoms with Crippen LogP contribution in [0, 0.1) is 13.8 Å². The van der Waals surface area contributed by atoms with Gasteiger partial charge in [-0.1, -0.05) is 47.0 Å². The average Bonchev–Trinajstić information content (AvgIpc) is 2.37. The highest BCUT2D eigenvalue weighted by Gasteiger charge is 2.15. The second-order valence-electron chi connectivity index (χ2n) is 5.18. The van der Waals surface area contributed by atoms with Crippen molar-refractivity contribution in [3.05, 3.63) is 68.7 Å². The van der Waals surface area contributed by atoms with E-state index < -0.39 is 0 Å². The quantitative estimate of drug-likeness (QED) is 0.837.